The van der Waals surface area contributed by atoms with Crippen molar-refractivity contribution in [3.05, 3.63) is 78.5 Å². The van der Waals surface area contributed by atoms with Gasteiger partial charge in [0.1, 0.15) is 35.0 Å². The SMILES string of the molecule is C=C[C@@H]1C[C@]1(NC(=O)[C@@H]1C[C@@H](Oc2nc3ccccc3nc2/C=C/c2ccccc2)CN1C(=O)[C@@H](NC(=O)OC(C)(C)C)C(C)(C)C)C(=O)Nc1nn[nH]n1. The summed E-state index contributed by atoms with van der Waals surface area (Å²) in [7, 11) is 0. The summed E-state index contributed by atoms with van der Waals surface area (Å²) in [5, 5.41) is 21.5. The minimum atomic E-state index is -1.37. The summed E-state index contributed by atoms with van der Waals surface area (Å²) in [5.74, 6) is -1.92. The summed E-state index contributed by atoms with van der Waals surface area (Å²) in [6.45, 7) is 14.4. The fourth-order valence-corrected chi connectivity index (χ4v) is 6.47. The molecule has 3 heterocycles. The van der Waals surface area contributed by atoms with Gasteiger partial charge in [-0.25, -0.2) is 14.8 Å². The molecule has 1 aliphatic carbocycles. The summed E-state index contributed by atoms with van der Waals surface area (Å²) in [4.78, 5) is 66.6. The lowest BCUT2D eigenvalue weighted by molar-refractivity contribution is -0.142. The van der Waals surface area contributed by atoms with E-state index < -0.39 is 64.5 Å². The number of nitrogens with one attached hydrogen (secondary N) is 4. The van der Waals surface area contributed by atoms with Gasteiger partial charge in [0, 0.05) is 12.3 Å². The molecule has 1 aliphatic heterocycles. The average molecular weight is 751 g/mol. The molecule has 4 N–H and O–H groups in total. The summed E-state index contributed by atoms with van der Waals surface area (Å²) in [5.41, 5.74) is -0.332. The van der Waals surface area contributed by atoms with Crippen LogP contribution >= 0.6 is 0 Å². The van der Waals surface area contributed by atoms with Crippen molar-refractivity contribution < 1.29 is 28.7 Å². The van der Waals surface area contributed by atoms with Gasteiger partial charge >= 0.3 is 6.09 Å². The molecule has 1 saturated carbocycles. The van der Waals surface area contributed by atoms with E-state index in [4.69, 9.17) is 19.4 Å². The van der Waals surface area contributed by atoms with Crippen molar-refractivity contribution in [2.75, 3.05) is 11.9 Å². The van der Waals surface area contributed by atoms with Crippen LogP contribution in [0.3, 0.4) is 0 Å². The second-order valence-corrected chi connectivity index (χ2v) is 15.8. The summed E-state index contributed by atoms with van der Waals surface area (Å²) >= 11 is 0. The lowest BCUT2D eigenvalue weighted by Crippen LogP contribution is -2.59. The summed E-state index contributed by atoms with van der Waals surface area (Å²) in [6, 6.07) is 14.9. The fraction of sp³-hybridized carbons (Fsp3) is 0.410. The number of hydrogen-bond donors (Lipinski definition) is 4. The number of aromatic nitrogens is 6. The molecule has 16 heteroatoms. The Kier molecular flexibility index (Phi) is 10.7. The number of benzene rings is 2. The van der Waals surface area contributed by atoms with Crippen molar-refractivity contribution in [2.24, 2.45) is 11.3 Å². The van der Waals surface area contributed by atoms with E-state index in [0.717, 1.165) is 5.56 Å². The highest BCUT2D eigenvalue weighted by Gasteiger charge is 2.61. The van der Waals surface area contributed by atoms with Crippen LogP contribution in [0.4, 0.5) is 10.7 Å². The van der Waals surface area contributed by atoms with Crippen molar-refractivity contribution in [3.8, 4) is 5.88 Å². The molecule has 4 amide bonds. The Bertz CT molecular complexity index is 2090. The molecular formula is C39H46N10O6. The van der Waals surface area contributed by atoms with Gasteiger partial charge in [-0.05, 0) is 61.6 Å². The predicted octanol–water partition coefficient (Wildman–Crippen LogP) is 4.30. The second kappa shape index (κ2) is 15.3. The number of H-pyrrole nitrogens is 1. The number of carbonyl (C=O) groups excluding carboxylic acids is 4. The van der Waals surface area contributed by atoms with E-state index >= 15 is 0 Å². The van der Waals surface area contributed by atoms with Crippen LogP contribution in [-0.2, 0) is 19.1 Å². The van der Waals surface area contributed by atoms with Gasteiger partial charge in [-0.3, -0.25) is 19.7 Å². The number of tetrazole rings is 1. The molecule has 288 valence electrons. The first-order chi connectivity index (χ1) is 26.1. The lowest BCUT2D eigenvalue weighted by Gasteiger charge is -2.36. The number of anilines is 1. The third-order valence-electron chi connectivity index (χ3n) is 9.32. The highest BCUT2D eigenvalue weighted by molar-refractivity contribution is 6.04. The van der Waals surface area contributed by atoms with Crippen LogP contribution in [-0.4, -0.2) is 95.2 Å². The Hall–Kier alpha value is -6.19. The maximum Gasteiger partial charge on any atom is 0.408 e. The van der Waals surface area contributed by atoms with E-state index in [-0.39, 0.29) is 31.2 Å². The van der Waals surface area contributed by atoms with Crippen LogP contribution in [0.5, 0.6) is 5.88 Å². The maximum absolute atomic E-state index is 14.6. The zero-order valence-electron chi connectivity index (χ0n) is 31.7. The minimum absolute atomic E-state index is 0.0389. The van der Waals surface area contributed by atoms with Gasteiger partial charge in [-0.1, -0.05) is 80.5 Å². The molecule has 16 nitrogen and oxygen atoms in total. The molecule has 2 fully saturated rings. The van der Waals surface area contributed by atoms with Crippen LogP contribution in [0, 0.1) is 11.3 Å². The highest BCUT2D eigenvalue weighted by atomic mass is 16.6. The molecule has 2 aliphatic rings. The number of likely N-dealkylation sites (tertiary alicyclic amines) is 1. The Morgan fingerprint density at radius 1 is 0.982 bits per heavy atom. The first-order valence-corrected chi connectivity index (χ1v) is 18.0. The van der Waals surface area contributed by atoms with E-state index in [1.807, 2.05) is 60.7 Å². The molecule has 2 aromatic carbocycles. The smallest absolute Gasteiger partial charge is 0.408 e. The Morgan fingerprint density at radius 2 is 1.67 bits per heavy atom. The molecule has 0 spiro atoms. The van der Waals surface area contributed by atoms with Crippen LogP contribution in [0.1, 0.15) is 65.6 Å². The Balaban J connectivity index is 1.32. The van der Waals surface area contributed by atoms with Crippen LogP contribution in [0.15, 0.2) is 67.3 Å². The third-order valence-corrected chi connectivity index (χ3v) is 9.32. The molecule has 2 aromatic heterocycles. The van der Waals surface area contributed by atoms with Gasteiger partial charge in [0.15, 0.2) is 0 Å². The third kappa shape index (κ3) is 8.96. The van der Waals surface area contributed by atoms with Gasteiger partial charge < -0.3 is 25.0 Å². The Morgan fingerprint density at radius 3 is 2.29 bits per heavy atom. The first-order valence-electron chi connectivity index (χ1n) is 18.0. The van der Waals surface area contributed by atoms with Crippen molar-refractivity contribution in [3.63, 3.8) is 0 Å². The van der Waals surface area contributed by atoms with Crippen LogP contribution in [0.2, 0.25) is 0 Å². The van der Waals surface area contributed by atoms with Gasteiger partial charge in [-0.15, -0.1) is 11.7 Å². The molecule has 4 aromatic rings. The molecule has 5 atom stereocenters. The molecular weight excluding hydrogens is 704 g/mol. The molecule has 0 unspecified atom stereocenters. The van der Waals surface area contributed by atoms with E-state index in [1.165, 1.54) is 4.90 Å². The number of amides is 4. The van der Waals surface area contributed by atoms with E-state index in [9.17, 15) is 19.2 Å². The molecule has 6 rings (SSSR count). The van der Waals surface area contributed by atoms with E-state index in [2.05, 4.69) is 43.2 Å². The van der Waals surface area contributed by atoms with Gasteiger partial charge in [0.2, 0.25) is 17.7 Å². The number of rotatable bonds is 11. The fourth-order valence-electron chi connectivity index (χ4n) is 6.47. The van der Waals surface area contributed by atoms with Crippen molar-refractivity contribution in [2.45, 2.75) is 83.7 Å². The normalized spacial score (nSPS) is 21.5. The van der Waals surface area contributed by atoms with E-state index in [1.54, 1.807) is 53.7 Å². The van der Waals surface area contributed by atoms with Crippen LogP contribution < -0.4 is 20.7 Å². The number of hydrogen-bond acceptors (Lipinski definition) is 11. The maximum atomic E-state index is 14.6. The average Bonchev–Trinajstić information content (AvgIpc) is 3.39. The molecule has 1 saturated heterocycles. The standard InChI is InChI=1S/C39H46N10O6/c1-8-24-21-39(24,34(52)43-35-45-47-48-46-35)44-31(50)29-20-25(22-49(29)33(51)30(37(2,3)4)42-36(53)55-38(5,6)7)54-32-28(19-18-23-14-10-9-11-15-23)40-26-16-12-13-17-27(26)41-32/h8-19,24-25,29-30H,1,20-22H2,2-7H3,(H,42,53)(H,44,50)(H2,43,45,46,47,48,52)/b19-18+/t24-,25-,29+,30-,39-/m1/s1. The minimum Gasteiger partial charge on any atom is -0.471 e. The molecule has 55 heavy (non-hydrogen) atoms. The van der Waals surface area contributed by atoms with Crippen LogP contribution in [0.25, 0.3) is 23.2 Å². The second-order valence-electron chi connectivity index (χ2n) is 15.8. The number of nitrogens with zero attached hydrogens (tertiary/aromatic N) is 6. The number of carbonyl (C=O) groups is 4. The monoisotopic (exact) mass is 750 g/mol. The number of para-hydroxylation sites is 2. The number of fused-ring (bicyclic) bond motifs is 1. The first kappa shape index (κ1) is 38.5. The largest absolute Gasteiger partial charge is 0.471 e. The van der Waals surface area contributed by atoms with Crippen molar-refractivity contribution in [1.82, 2.24) is 46.1 Å². The quantitative estimate of drug-likeness (QED) is 0.159. The van der Waals surface area contributed by atoms with Gasteiger partial charge in [-0.2, -0.15) is 5.21 Å². The molecule has 0 bridgehead atoms. The van der Waals surface area contributed by atoms with Crippen molar-refractivity contribution >= 4 is 52.9 Å². The zero-order chi connectivity index (χ0) is 39.5. The number of alkyl carbamates (subject to hydrolysis) is 1. The van der Waals surface area contributed by atoms with Gasteiger partial charge in [0.05, 0.1) is 17.6 Å². The number of ether oxygens (including phenoxy) is 2. The predicted molar refractivity (Wildman–Crippen MR) is 204 cm³/mol. The number of aromatic amines is 1. The lowest BCUT2D eigenvalue weighted by atomic mass is 9.85. The summed E-state index contributed by atoms with van der Waals surface area (Å²) in [6.07, 6.45) is 4.08. The van der Waals surface area contributed by atoms with Gasteiger partial charge in [0.25, 0.3) is 11.9 Å². The van der Waals surface area contributed by atoms with E-state index in [0.29, 0.717) is 16.7 Å². The topological polar surface area (TPSA) is 206 Å². The Labute approximate surface area is 318 Å². The highest BCUT2D eigenvalue weighted by Crippen LogP contribution is 2.45. The summed E-state index contributed by atoms with van der Waals surface area (Å²) < 4.78 is 12.1. The zero-order valence-corrected chi connectivity index (χ0v) is 31.7. The van der Waals surface area contributed by atoms with Crippen molar-refractivity contribution in [1.29, 1.82) is 0 Å². The molecule has 0 radical (unpaired) electrons.